The smallest absolute Gasteiger partial charge is 0.339 e. The molecule has 0 aliphatic heterocycles. The van der Waals surface area contributed by atoms with Crippen LogP contribution in [0.25, 0.3) is 11.3 Å². The van der Waals surface area contributed by atoms with Crippen LogP contribution in [0.5, 0.6) is 0 Å². The molecular weight excluding hydrogens is 256 g/mol. The Hall–Kier alpha value is -2.11. The molecule has 0 aliphatic carbocycles. The van der Waals surface area contributed by atoms with E-state index < -0.39 is 5.97 Å². The minimum absolute atomic E-state index is 0.236. The van der Waals surface area contributed by atoms with Crippen molar-refractivity contribution in [2.24, 2.45) is 0 Å². The molecule has 0 unspecified atom stereocenters. The van der Waals surface area contributed by atoms with E-state index in [1.807, 2.05) is 32.4 Å². The quantitative estimate of drug-likeness (QED) is 0.910. The van der Waals surface area contributed by atoms with Gasteiger partial charge < -0.3 is 5.11 Å². The van der Waals surface area contributed by atoms with E-state index in [9.17, 15) is 9.90 Å². The van der Waals surface area contributed by atoms with Gasteiger partial charge in [0.25, 0.3) is 0 Å². The first-order valence-electron chi connectivity index (χ1n) is 6.84. The molecule has 2 aromatic rings. The fourth-order valence-corrected chi connectivity index (χ4v) is 2.45. The maximum atomic E-state index is 11.4. The van der Waals surface area contributed by atoms with E-state index in [1.165, 1.54) is 0 Å². The van der Waals surface area contributed by atoms with Crippen molar-refractivity contribution < 1.29 is 9.90 Å². The van der Waals surface area contributed by atoms with Gasteiger partial charge in [-0.3, -0.25) is 9.36 Å². The minimum atomic E-state index is -0.953. The average Bonchev–Trinajstić information content (AvgIpc) is 2.91. The predicted octanol–water partition coefficient (Wildman–Crippen LogP) is 2.49. The van der Waals surface area contributed by atoms with Crippen molar-refractivity contribution in [3.05, 3.63) is 23.1 Å². The minimum Gasteiger partial charge on any atom is -0.478 e. The van der Waals surface area contributed by atoms with Crippen molar-refractivity contribution in [1.29, 1.82) is 0 Å². The van der Waals surface area contributed by atoms with Gasteiger partial charge in [-0.15, -0.1) is 0 Å². The van der Waals surface area contributed by atoms with Gasteiger partial charge in [0.2, 0.25) is 0 Å². The molecule has 0 aliphatic rings. The van der Waals surface area contributed by atoms with Crippen molar-refractivity contribution in [2.75, 3.05) is 0 Å². The molecule has 108 valence electrons. The van der Waals surface area contributed by atoms with Crippen molar-refractivity contribution in [2.45, 2.75) is 47.2 Å². The van der Waals surface area contributed by atoms with E-state index >= 15 is 0 Å². The molecule has 0 saturated carbocycles. The second-order valence-corrected chi connectivity index (χ2v) is 4.82. The molecule has 0 bridgehead atoms. The lowest BCUT2D eigenvalue weighted by Gasteiger charge is -2.01. The van der Waals surface area contributed by atoms with Crippen LogP contribution >= 0.6 is 0 Å². The lowest BCUT2D eigenvalue weighted by molar-refractivity contribution is 0.0697. The summed E-state index contributed by atoms with van der Waals surface area (Å²) in [5.74, 6) is -0.953. The van der Waals surface area contributed by atoms with Gasteiger partial charge in [-0.05, 0) is 27.2 Å². The summed E-state index contributed by atoms with van der Waals surface area (Å²) in [4.78, 5) is 11.4. The van der Waals surface area contributed by atoms with Crippen LogP contribution in [0.1, 0.15) is 42.0 Å². The van der Waals surface area contributed by atoms with E-state index in [0.717, 1.165) is 29.9 Å². The lowest BCUT2D eigenvalue weighted by Crippen LogP contribution is -2.00. The third-order valence-electron chi connectivity index (χ3n) is 3.36. The first-order chi connectivity index (χ1) is 9.49. The lowest BCUT2D eigenvalue weighted by atomic mass is 10.1. The summed E-state index contributed by atoms with van der Waals surface area (Å²) < 4.78 is 3.57. The number of rotatable bonds is 5. The highest BCUT2D eigenvalue weighted by Crippen LogP contribution is 2.28. The Morgan fingerprint density at radius 3 is 2.50 bits per heavy atom. The van der Waals surface area contributed by atoms with Gasteiger partial charge in [0.05, 0.1) is 5.69 Å². The molecule has 2 aromatic heterocycles. The summed E-state index contributed by atoms with van der Waals surface area (Å²) in [5, 5.41) is 18.3. The number of aromatic nitrogens is 4. The van der Waals surface area contributed by atoms with Crippen LogP contribution in [0.3, 0.4) is 0 Å². The van der Waals surface area contributed by atoms with Gasteiger partial charge in [0.15, 0.2) is 0 Å². The molecule has 20 heavy (non-hydrogen) atoms. The van der Waals surface area contributed by atoms with Crippen LogP contribution in [0, 0.1) is 13.8 Å². The van der Waals surface area contributed by atoms with Gasteiger partial charge in [-0.2, -0.15) is 10.2 Å². The zero-order valence-electron chi connectivity index (χ0n) is 12.3. The summed E-state index contributed by atoms with van der Waals surface area (Å²) in [5.41, 5.74) is 3.35. The molecule has 2 heterocycles. The molecule has 0 atom stereocenters. The van der Waals surface area contributed by atoms with Crippen LogP contribution in [0.4, 0.5) is 0 Å². The summed E-state index contributed by atoms with van der Waals surface area (Å²) in [6.45, 7) is 9.34. The van der Waals surface area contributed by atoms with E-state index in [1.54, 1.807) is 10.9 Å². The number of carboxylic acid groups (broad SMARTS) is 1. The molecule has 0 aromatic carbocycles. The average molecular weight is 276 g/mol. The first kappa shape index (κ1) is 14.3. The number of carboxylic acids is 1. The molecule has 6 heteroatoms. The topological polar surface area (TPSA) is 72.9 Å². The highest BCUT2D eigenvalue weighted by Gasteiger charge is 2.22. The Kier molecular flexibility index (Phi) is 3.92. The molecule has 6 nitrogen and oxygen atoms in total. The van der Waals surface area contributed by atoms with E-state index in [-0.39, 0.29) is 5.56 Å². The maximum absolute atomic E-state index is 11.4. The molecule has 0 saturated heterocycles. The second kappa shape index (κ2) is 5.48. The summed E-state index contributed by atoms with van der Waals surface area (Å²) in [6.07, 6.45) is 2.51. The third-order valence-corrected chi connectivity index (χ3v) is 3.36. The maximum Gasteiger partial charge on any atom is 0.339 e. The fourth-order valence-electron chi connectivity index (χ4n) is 2.45. The Labute approximate surface area is 118 Å². The van der Waals surface area contributed by atoms with E-state index in [4.69, 9.17) is 0 Å². The third kappa shape index (κ3) is 2.33. The fraction of sp³-hybridized carbons (Fsp3) is 0.500. The zero-order valence-corrected chi connectivity index (χ0v) is 12.3. The van der Waals surface area contributed by atoms with Crippen molar-refractivity contribution in [3.8, 4) is 11.3 Å². The molecule has 1 N–H and O–H groups in total. The van der Waals surface area contributed by atoms with Crippen LogP contribution in [0.15, 0.2) is 6.20 Å². The summed E-state index contributed by atoms with van der Waals surface area (Å²) in [7, 11) is 0. The van der Waals surface area contributed by atoms with Crippen LogP contribution in [-0.4, -0.2) is 30.6 Å². The molecule has 0 amide bonds. The monoisotopic (exact) mass is 276 g/mol. The summed E-state index contributed by atoms with van der Waals surface area (Å²) >= 11 is 0. The number of aromatic carboxylic acids is 1. The number of nitrogens with zero attached hydrogens (tertiary/aromatic N) is 4. The number of carbonyl (C=O) groups is 1. The number of aryl methyl sites for hydroxylation is 3. The Bertz CT molecular complexity index is 640. The largest absolute Gasteiger partial charge is 0.478 e. The van der Waals surface area contributed by atoms with Gasteiger partial charge in [-0.25, -0.2) is 4.79 Å². The Balaban J connectivity index is 2.62. The van der Waals surface area contributed by atoms with Crippen LogP contribution < -0.4 is 0 Å². The SMILES string of the molecule is CCCn1cc(C(=O)O)c(-c2c(C)nn(CC)c2C)n1. The van der Waals surface area contributed by atoms with E-state index in [2.05, 4.69) is 10.2 Å². The molecule has 0 radical (unpaired) electrons. The van der Waals surface area contributed by atoms with Gasteiger partial charge >= 0.3 is 5.97 Å². The van der Waals surface area contributed by atoms with Crippen LogP contribution in [0.2, 0.25) is 0 Å². The standard InChI is InChI=1S/C14H20N4O2/c1-5-7-17-8-11(14(19)20)13(16-17)12-9(3)15-18(6-2)10(12)4/h8H,5-7H2,1-4H3,(H,19,20). The van der Waals surface area contributed by atoms with E-state index in [0.29, 0.717) is 12.2 Å². The summed E-state index contributed by atoms with van der Waals surface area (Å²) in [6, 6.07) is 0. The zero-order chi connectivity index (χ0) is 14.9. The Morgan fingerprint density at radius 1 is 1.30 bits per heavy atom. The second-order valence-electron chi connectivity index (χ2n) is 4.82. The highest BCUT2D eigenvalue weighted by molar-refractivity contribution is 5.95. The van der Waals surface area contributed by atoms with Crippen molar-refractivity contribution in [3.63, 3.8) is 0 Å². The molecule has 0 spiro atoms. The Morgan fingerprint density at radius 2 is 2.00 bits per heavy atom. The highest BCUT2D eigenvalue weighted by atomic mass is 16.4. The molecular formula is C14H20N4O2. The van der Waals surface area contributed by atoms with Crippen molar-refractivity contribution in [1.82, 2.24) is 19.6 Å². The normalized spacial score (nSPS) is 11.0. The molecule has 0 fully saturated rings. The van der Waals surface area contributed by atoms with Gasteiger partial charge in [0.1, 0.15) is 11.3 Å². The number of hydrogen-bond donors (Lipinski definition) is 1. The van der Waals surface area contributed by atoms with Gasteiger partial charge in [-0.1, -0.05) is 6.92 Å². The van der Waals surface area contributed by atoms with Gasteiger partial charge in [0, 0.05) is 30.5 Å². The predicted molar refractivity (Wildman–Crippen MR) is 75.8 cm³/mol. The number of hydrogen-bond acceptors (Lipinski definition) is 3. The van der Waals surface area contributed by atoms with Crippen molar-refractivity contribution >= 4 is 5.97 Å². The first-order valence-corrected chi connectivity index (χ1v) is 6.84. The molecule has 2 rings (SSSR count). The van der Waals surface area contributed by atoms with Crippen LogP contribution in [-0.2, 0) is 13.1 Å².